The fraction of sp³-hybridized carbons (Fsp3) is 0.615. The molecular weight excluding hydrogens is 220 g/mol. The molecule has 1 aliphatic rings. The zero-order valence-corrected chi connectivity index (χ0v) is 10.7. The van der Waals surface area contributed by atoms with Crippen LogP contribution in [-0.4, -0.2) is 11.0 Å². The van der Waals surface area contributed by atoms with Crippen LogP contribution < -0.4 is 5.32 Å². The van der Waals surface area contributed by atoms with Gasteiger partial charge in [-0.15, -0.1) is 0 Å². The minimum Gasteiger partial charge on any atom is -0.367 e. The van der Waals surface area contributed by atoms with E-state index in [1.54, 1.807) is 6.07 Å². The average molecular weight is 239 g/mol. The largest absolute Gasteiger partial charge is 0.367 e. The highest BCUT2D eigenvalue weighted by Gasteiger charge is 2.26. The predicted molar refractivity (Wildman–Crippen MR) is 68.9 cm³/mol. The molecule has 1 fully saturated rings. The van der Waals surface area contributed by atoms with E-state index in [2.05, 4.69) is 24.1 Å². The SMILES string of the molecule is CC1(C)CCC(Nc2cccc(Cl)n2)CC1. The van der Waals surface area contributed by atoms with Crippen LogP contribution in [0.25, 0.3) is 0 Å². The highest BCUT2D eigenvalue weighted by atomic mass is 35.5. The maximum atomic E-state index is 5.86. The van der Waals surface area contributed by atoms with Crippen LogP contribution in [0.4, 0.5) is 5.82 Å². The highest BCUT2D eigenvalue weighted by molar-refractivity contribution is 6.29. The van der Waals surface area contributed by atoms with Crippen LogP contribution in [0.15, 0.2) is 18.2 Å². The number of aromatic nitrogens is 1. The van der Waals surface area contributed by atoms with E-state index >= 15 is 0 Å². The molecule has 1 aromatic heterocycles. The molecule has 0 unspecified atom stereocenters. The average Bonchev–Trinajstić information content (AvgIpc) is 2.21. The van der Waals surface area contributed by atoms with Gasteiger partial charge in [-0.25, -0.2) is 4.98 Å². The van der Waals surface area contributed by atoms with Gasteiger partial charge in [0.05, 0.1) is 0 Å². The van der Waals surface area contributed by atoms with Gasteiger partial charge in [0, 0.05) is 6.04 Å². The Labute approximate surface area is 102 Å². The van der Waals surface area contributed by atoms with Crippen molar-refractivity contribution in [3.63, 3.8) is 0 Å². The number of anilines is 1. The second-order valence-electron chi connectivity index (χ2n) is 5.43. The summed E-state index contributed by atoms with van der Waals surface area (Å²) in [5.41, 5.74) is 0.514. The standard InChI is InChI=1S/C13H19ClN2/c1-13(2)8-6-10(7-9-13)15-12-5-3-4-11(14)16-12/h3-5,10H,6-9H2,1-2H3,(H,15,16). The Morgan fingerprint density at radius 3 is 2.62 bits per heavy atom. The Morgan fingerprint density at radius 1 is 1.31 bits per heavy atom. The fourth-order valence-electron chi connectivity index (χ4n) is 2.24. The second-order valence-corrected chi connectivity index (χ2v) is 5.82. The number of hydrogen-bond donors (Lipinski definition) is 1. The molecule has 0 bridgehead atoms. The smallest absolute Gasteiger partial charge is 0.131 e. The van der Waals surface area contributed by atoms with Crippen LogP contribution in [0.5, 0.6) is 0 Å². The van der Waals surface area contributed by atoms with Crippen LogP contribution in [0.3, 0.4) is 0 Å². The van der Waals surface area contributed by atoms with Gasteiger partial charge in [-0.3, -0.25) is 0 Å². The lowest BCUT2D eigenvalue weighted by Gasteiger charge is -2.34. The first-order valence-electron chi connectivity index (χ1n) is 5.94. The summed E-state index contributed by atoms with van der Waals surface area (Å²) >= 11 is 5.86. The van der Waals surface area contributed by atoms with Crippen LogP contribution in [0, 0.1) is 5.41 Å². The molecule has 0 aliphatic heterocycles. The molecule has 1 saturated carbocycles. The van der Waals surface area contributed by atoms with Gasteiger partial charge in [0.25, 0.3) is 0 Å². The van der Waals surface area contributed by atoms with E-state index in [0.29, 0.717) is 16.6 Å². The zero-order valence-electron chi connectivity index (χ0n) is 9.96. The molecule has 2 rings (SSSR count). The molecule has 1 heterocycles. The first-order valence-corrected chi connectivity index (χ1v) is 6.32. The van der Waals surface area contributed by atoms with Crippen LogP contribution in [0.2, 0.25) is 5.15 Å². The Hall–Kier alpha value is -0.760. The van der Waals surface area contributed by atoms with Gasteiger partial charge in [-0.05, 0) is 43.2 Å². The zero-order chi connectivity index (χ0) is 11.6. The van der Waals surface area contributed by atoms with E-state index in [4.69, 9.17) is 11.6 Å². The monoisotopic (exact) mass is 238 g/mol. The van der Waals surface area contributed by atoms with Crippen LogP contribution >= 0.6 is 11.6 Å². The van der Waals surface area contributed by atoms with E-state index in [0.717, 1.165) is 5.82 Å². The topological polar surface area (TPSA) is 24.9 Å². The second kappa shape index (κ2) is 4.62. The lowest BCUT2D eigenvalue weighted by atomic mass is 9.75. The Kier molecular flexibility index (Phi) is 3.38. The Morgan fingerprint density at radius 2 is 2.00 bits per heavy atom. The molecule has 0 aromatic carbocycles. The summed E-state index contributed by atoms with van der Waals surface area (Å²) in [5, 5.41) is 4.02. The van der Waals surface area contributed by atoms with E-state index in [1.807, 2.05) is 12.1 Å². The minimum absolute atomic E-state index is 0.514. The van der Waals surface area contributed by atoms with E-state index in [1.165, 1.54) is 25.7 Å². The molecule has 0 radical (unpaired) electrons. The molecule has 3 heteroatoms. The van der Waals surface area contributed by atoms with Gasteiger partial charge >= 0.3 is 0 Å². The quantitative estimate of drug-likeness (QED) is 0.785. The highest BCUT2D eigenvalue weighted by Crippen LogP contribution is 2.35. The third-order valence-corrected chi connectivity index (χ3v) is 3.62. The van der Waals surface area contributed by atoms with Crippen molar-refractivity contribution in [1.29, 1.82) is 0 Å². The van der Waals surface area contributed by atoms with Crippen molar-refractivity contribution >= 4 is 17.4 Å². The molecule has 88 valence electrons. The van der Waals surface area contributed by atoms with Crippen molar-refractivity contribution in [2.75, 3.05) is 5.32 Å². The number of nitrogens with one attached hydrogen (secondary N) is 1. The maximum absolute atomic E-state index is 5.86. The van der Waals surface area contributed by atoms with Gasteiger partial charge in [0.1, 0.15) is 11.0 Å². The summed E-state index contributed by atoms with van der Waals surface area (Å²) < 4.78 is 0. The van der Waals surface area contributed by atoms with Gasteiger partial charge in [0.2, 0.25) is 0 Å². The van der Waals surface area contributed by atoms with Crippen molar-refractivity contribution in [2.45, 2.75) is 45.6 Å². The van der Waals surface area contributed by atoms with E-state index < -0.39 is 0 Å². The number of hydrogen-bond acceptors (Lipinski definition) is 2. The summed E-state index contributed by atoms with van der Waals surface area (Å²) in [5.74, 6) is 0.900. The van der Waals surface area contributed by atoms with Crippen molar-refractivity contribution in [2.24, 2.45) is 5.41 Å². The molecule has 0 saturated heterocycles. The van der Waals surface area contributed by atoms with Crippen molar-refractivity contribution in [3.05, 3.63) is 23.4 Å². The molecule has 1 aliphatic carbocycles. The fourth-order valence-corrected chi connectivity index (χ4v) is 2.41. The summed E-state index contributed by atoms with van der Waals surface area (Å²) in [6.07, 6.45) is 5.01. The normalized spacial score (nSPS) is 20.7. The van der Waals surface area contributed by atoms with Crippen molar-refractivity contribution < 1.29 is 0 Å². The molecule has 2 nitrogen and oxygen atoms in total. The molecule has 0 spiro atoms. The summed E-state index contributed by atoms with van der Waals surface area (Å²) in [6.45, 7) is 4.70. The lowest BCUT2D eigenvalue weighted by molar-refractivity contribution is 0.232. The molecule has 1 aromatic rings. The number of nitrogens with zero attached hydrogens (tertiary/aromatic N) is 1. The first kappa shape index (κ1) is 11.7. The summed E-state index contributed by atoms with van der Waals surface area (Å²) in [7, 11) is 0. The van der Waals surface area contributed by atoms with Gasteiger partial charge in [-0.2, -0.15) is 0 Å². The molecule has 16 heavy (non-hydrogen) atoms. The molecule has 1 N–H and O–H groups in total. The number of pyridine rings is 1. The maximum Gasteiger partial charge on any atom is 0.131 e. The van der Waals surface area contributed by atoms with Gasteiger partial charge in [-0.1, -0.05) is 31.5 Å². The Bertz CT molecular complexity index is 353. The van der Waals surface area contributed by atoms with E-state index in [-0.39, 0.29) is 0 Å². The van der Waals surface area contributed by atoms with E-state index in [9.17, 15) is 0 Å². The minimum atomic E-state index is 0.514. The van der Waals surface area contributed by atoms with Crippen LogP contribution in [0.1, 0.15) is 39.5 Å². The molecule has 0 amide bonds. The third-order valence-electron chi connectivity index (χ3n) is 3.41. The van der Waals surface area contributed by atoms with Crippen molar-refractivity contribution in [3.8, 4) is 0 Å². The molecular formula is C13H19ClN2. The molecule has 0 atom stereocenters. The Balaban J connectivity index is 1.92. The first-order chi connectivity index (χ1) is 7.55. The predicted octanol–water partition coefficient (Wildman–Crippen LogP) is 4.12. The number of rotatable bonds is 2. The third kappa shape index (κ3) is 3.11. The van der Waals surface area contributed by atoms with Gasteiger partial charge in [0.15, 0.2) is 0 Å². The van der Waals surface area contributed by atoms with Gasteiger partial charge < -0.3 is 5.32 Å². The van der Waals surface area contributed by atoms with Crippen molar-refractivity contribution in [1.82, 2.24) is 4.98 Å². The number of halogens is 1. The summed E-state index contributed by atoms with van der Waals surface area (Å²) in [4.78, 5) is 4.26. The van der Waals surface area contributed by atoms with Crippen LogP contribution in [-0.2, 0) is 0 Å². The summed E-state index contributed by atoms with van der Waals surface area (Å²) in [6, 6.07) is 6.27. The lowest BCUT2D eigenvalue weighted by Crippen LogP contribution is -2.30.